The molecule has 0 spiro atoms. The summed E-state index contributed by atoms with van der Waals surface area (Å²) in [5.74, 6) is 0.648. The molecule has 0 fully saturated rings. The van der Waals surface area contributed by atoms with Crippen LogP contribution in [0.1, 0.15) is 21.5 Å². The zero-order valence-electron chi connectivity index (χ0n) is 12.9. The molecule has 0 atom stereocenters. The third-order valence-electron chi connectivity index (χ3n) is 3.23. The van der Waals surface area contributed by atoms with Gasteiger partial charge in [0.1, 0.15) is 0 Å². The highest BCUT2D eigenvalue weighted by atomic mass is 35.5. The first kappa shape index (κ1) is 18.3. The quantitative estimate of drug-likeness (QED) is 0.522. The number of rotatable bonds is 7. The highest BCUT2D eigenvalue weighted by molar-refractivity contribution is 8.02. The zero-order chi connectivity index (χ0) is 17.6. The van der Waals surface area contributed by atoms with Crippen molar-refractivity contribution in [1.29, 1.82) is 0 Å². The molecular formula is C17H13ClN2O2S3. The number of thioether (sulfide) groups is 2. The molecule has 1 heterocycles. The summed E-state index contributed by atoms with van der Waals surface area (Å²) in [6, 6.07) is 14.7. The molecule has 3 rings (SSSR count). The monoisotopic (exact) mass is 408 g/mol. The van der Waals surface area contributed by atoms with Crippen molar-refractivity contribution in [2.24, 2.45) is 0 Å². The van der Waals surface area contributed by atoms with Gasteiger partial charge in [-0.1, -0.05) is 70.7 Å². The van der Waals surface area contributed by atoms with E-state index >= 15 is 0 Å². The highest BCUT2D eigenvalue weighted by Crippen LogP contribution is 2.32. The Labute approximate surface area is 162 Å². The second-order valence-corrected chi connectivity index (χ2v) is 8.90. The van der Waals surface area contributed by atoms with Crippen LogP contribution in [0.3, 0.4) is 0 Å². The number of carboxylic acids is 1. The van der Waals surface area contributed by atoms with Gasteiger partial charge < -0.3 is 5.11 Å². The maximum atomic E-state index is 10.8. The number of aromatic carboxylic acids is 1. The molecule has 0 aliphatic heterocycles. The average Bonchev–Trinajstić information content (AvgIpc) is 3.08. The van der Waals surface area contributed by atoms with Crippen LogP contribution < -0.4 is 0 Å². The number of carboxylic acid groups (broad SMARTS) is 1. The van der Waals surface area contributed by atoms with Gasteiger partial charge in [-0.15, -0.1) is 10.2 Å². The van der Waals surface area contributed by atoms with E-state index in [0.717, 1.165) is 30.8 Å². The molecule has 1 aromatic heterocycles. The number of halogens is 1. The van der Waals surface area contributed by atoms with E-state index in [4.69, 9.17) is 16.7 Å². The first-order valence-electron chi connectivity index (χ1n) is 7.26. The fraction of sp³-hybridized carbons (Fsp3) is 0.118. The minimum absolute atomic E-state index is 0.297. The van der Waals surface area contributed by atoms with Crippen molar-refractivity contribution < 1.29 is 9.90 Å². The lowest BCUT2D eigenvalue weighted by molar-refractivity contribution is 0.0697. The van der Waals surface area contributed by atoms with Crippen LogP contribution in [0.4, 0.5) is 0 Å². The maximum Gasteiger partial charge on any atom is 0.335 e. The van der Waals surface area contributed by atoms with Crippen molar-refractivity contribution in [3.63, 3.8) is 0 Å². The number of hydrogen-bond donors (Lipinski definition) is 1. The lowest BCUT2D eigenvalue weighted by Gasteiger charge is -2.00. The van der Waals surface area contributed by atoms with E-state index in [2.05, 4.69) is 10.2 Å². The van der Waals surface area contributed by atoms with Crippen molar-refractivity contribution in [2.45, 2.75) is 20.2 Å². The molecular weight excluding hydrogens is 396 g/mol. The van der Waals surface area contributed by atoms with Gasteiger partial charge in [0.15, 0.2) is 8.68 Å². The molecule has 25 heavy (non-hydrogen) atoms. The minimum Gasteiger partial charge on any atom is -0.478 e. The van der Waals surface area contributed by atoms with Crippen molar-refractivity contribution in [3.8, 4) is 0 Å². The number of nitrogens with zero attached hydrogens (tertiary/aromatic N) is 2. The topological polar surface area (TPSA) is 63.1 Å². The molecule has 0 radical (unpaired) electrons. The normalized spacial score (nSPS) is 10.8. The van der Waals surface area contributed by atoms with E-state index in [1.54, 1.807) is 47.0 Å². The van der Waals surface area contributed by atoms with Gasteiger partial charge in [-0.3, -0.25) is 0 Å². The van der Waals surface area contributed by atoms with Crippen molar-refractivity contribution in [2.75, 3.05) is 0 Å². The predicted molar refractivity (Wildman–Crippen MR) is 104 cm³/mol. The smallest absolute Gasteiger partial charge is 0.335 e. The van der Waals surface area contributed by atoms with Crippen molar-refractivity contribution in [1.82, 2.24) is 10.2 Å². The average molecular weight is 409 g/mol. The summed E-state index contributed by atoms with van der Waals surface area (Å²) in [5, 5.41) is 18.0. The second kappa shape index (κ2) is 8.71. The van der Waals surface area contributed by atoms with Gasteiger partial charge in [0.05, 0.1) is 5.56 Å². The van der Waals surface area contributed by atoms with Gasteiger partial charge >= 0.3 is 5.97 Å². The minimum atomic E-state index is -0.911. The van der Waals surface area contributed by atoms with Gasteiger partial charge in [0, 0.05) is 16.5 Å². The van der Waals surface area contributed by atoms with Crippen LogP contribution in [-0.2, 0) is 11.5 Å². The molecule has 2 aromatic carbocycles. The van der Waals surface area contributed by atoms with Gasteiger partial charge in [0.25, 0.3) is 0 Å². The lowest BCUT2D eigenvalue weighted by atomic mass is 10.1. The van der Waals surface area contributed by atoms with Crippen LogP contribution in [0.2, 0.25) is 5.02 Å². The largest absolute Gasteiger partial charge is 0.478 e. The molecule has 1 N–H and O–H groups in total. The number of hydrogen-bond acceptors (Lipinski definition) is 6. The Hall–Kier alpha value is -1.54. The van der Waals surface area contributed by atoms with E-state index in [-0.39, 0.29) is 0 Å². The Morgan fingerprint density at radius 1 is 0.920 bits per heavy atom. The van der Waals surface area contributed by atoms with Gasteiger partial charge in [-0.05, 0) is 35.4 Å². The zero-order valence-corrected chi connectivity index (χ0v) is 16.1. The maximum absolute atomic E-state index is 10.8. The van der Waals surface area contributed by atoms with Crippen LogP contribution in [0, 0.1) is 0 Å². The third kappa shape index (κ3) is 5.47. The first-order chi connectivity index (χ1) is 12.1. The van der Waals surface area contributed by atoms with E-state index in [9.17, 15) is 4.79 Å². The molecule has 0 amide bonds. The summed E-state index contributed by atoms with van der Waals surface area (Å²) in [5.41, 5.74) is 2.54. The summed E-state index contributed by atoms with van der Waals surface area (Å²) < 4.78 is 1.83. The summed E-state index contributed by atoms with van der Waals surface area (Å²) in [4.78, 5) is 10.8. The Morgan fingerprint density at radius 3 is 1.88 bits per heavy atom. The lowest BCUT2D eigenvalue weighted by Crippen LogP contribution is -1.95. The number of aromatic nitrogens is 2. The van der Waals surface area contributed by atoms with Crippen LogP contribution in [0.15, 0.2) is 57.2 Å². The summed E-state index contributed by atoms with van der Waals surface area (Å²) in [6.45, 7) is 0. The van der Waals surface area contributed by atoms with Gasteiger partial charge in [0.2, 0.25) is 0 Å². The molecule has 4 nitrogen and oxygen atoms in total. The molecule has 8 heteroatoms. The first-order valence-corrected chi connectivity index (χ1v) is 10.4. The standard InChI is InChI=1S/C17H13ClN2O2S3/c18-14-7-3-12(4-8-14)10-24-17-20-19-16(25-17)23-9-11-1-5-13(6-2-11)15(21)22/h1-8H,9-10H2,(H,21,22). The number of carbonyl (C=O) groups is 1. The molecule has 0 bridgehead atoms. The highest BCUT2D eigenvalue weighted by Gasteiger charge is 2.07. The number of benzene rings is 2. The van der Waals surface area contributed by atoms with Crippen LogP contribution in [0.25, 0.3) is 0 Å². The fourth-order valence-electron chi connectivity index (χ4n) is 1.93. The van der Waals surface area contributed by atoms with E-state index < -0.39 is 5.97 Å². The van der Waals surface area contributed by atoms with E-state index in [0.29, 0.717) is 5.56 Å². The molecule has 3 aromatic rings. The van der Waals surface area contributed by atoms with Gasteiger partial charge in [-0.25, -0.2) is 4.79 Å². The Bertz CT molecular complexity index is 851. The van der Waals surface area contributed by atoms with Crippen molar-refractivity contribution in [3.05, 3.63) is 70.2 Å². The Morgan fingerprint density at radius 2 is 1.40 bits per heavy atom. The Kier molecular flexibility index (Phi) is 6.36. The van der Waals surface area contributed by atoms with Crippen LogP contribution >= 0.6 is 46.5 Å². The molecule has 0 unspecified atom stereocenters. The van der Waals surface area contributed by atoms with Crippen LogP contribution in [-0.4, -0.2) is 21.3 Å². The van der Waals surface area contributed by atoms with Crippen LogP contribution in [0.5, 0.6) is 0 Å². The van der Waals surface area contributed by atoms with E-state index in [1.165, 1.54) is 5.56 Å². The Balaban J connectivity index is 1.51. The fourth-order valence-corrected chi connectivity index (χ4v) is 4.99. The molecule has 0 aliphatic rings. The summed E-state index contributed by atoms with van der Waals surface area (Å²) >= 11 is 10.7. The molecule has 0 saturated carbocycles. The SMILES string of the molecule is O=C(O)c1ccc(CSc2nnc(SCc3ccc(Cl)cc3)s2)cc1. The molecule has 0 saturated heterocycles. The summed E-state index contributed by atoms with van der Waals surface area (Å²) in [6.07, 6.45) is 0. The molecule has 128 valence electrons. The van der Waals surface area contributed by atoms with Crippen molar-refractivity contribution >= 4 is 52.4 Å². The third-order valence-corrected chi connectivity index (χ3v) is 6.81. The van der Waals surface area contributed by atoms with Gasteiger partial charge in [-0.2, -0.15) is 0 Å². The van der Waals surface area contributed by atoms with E-state index in [1.807, 2.05) is 36.4 Å². The predicted octanol–water partition coefficient (Wildman–Crippen LogP) is 5.47. The molecule has 0 aliphatic carbocycles. The summed E-state index contributed by atoms with van der Waals surface area (Å²) in [7, 11) is 0. The second-order valence-electron chi connectivity index (χ2n) is 5.04.